The monoisotopic (exact) mass is 600 g/mol. The fraction of sp³-hybridized carbons (Fsp3) is 0.559. The fourth-order valence-electron chi connectivity index (χ4n) is 3.99. The second-order valence-corrected chi connectivity index (χ2v) is 10.5. The maximum atomic E-state index is 12.9. The van der Waals surface area contributed by atoms with Crippen LogP contribution in [0.5, 0.6) is 0 Å². The first kappa shape index (κ1) is 39.4. The molecule has 0 heterocycles. The summed E-state index contributed by atoms with van der Waals surface area (Å²) in [5.41, 5.74) is 9.64. The number of anilines is 3. The van der Waals surface area contributed by atoms with Gasteiger partial charge in [0, 0.05) is 31.6 Å². The molecule has 0 saturated heterocycles. The zero-order valence-corrected chi connectivity index (χ0v) is 27.9. The zero-order chi connectivity index (χ0) is 32.8. The molecule has 0 unspecified atom stereocenters. The van der Waals surface area contributed by atoms with Gasteiger partial charge in [-0.3, -0.25) is 9.59 Å². The van der Waals surface area contributed by atoms with Crippen LogP contribution in [-0.2, 0) is 25.5 Å². The van der Waals surface area contributed by atoms with Crippen LogP contribution in [0.3, 0.4) is 0 Å². The normalized spacial score (nSPS) is 10.1. The van der Waals surface area contributed by atoms with Crippen LogP contribution >= 0.6 is 0 Å². The largest absolute Gasteiger partial charge is 0.428 e. The zero-order valence-electron chi connectivity index (χ0n) is 27.9. The predicted molar refractivity (Wildman–Crippen MR) is 179 cm³/mol. The Kier molecular flexibility index (Phi) is 21.0. The smallest absolute Gasteiger partial charge is 0.323 e. The van der Waals surface area contributed by atoms with Crippen molar-refractivity contribution in [2.24, 2.45) is 17.6 Å². The van der Waals surface area contributed by atoms with Gasteiger partial charge in [0.05, 0.1) is 11.4 Å². The maximum Gasteiger partial charge on any atom is 0.323 e. The van der Waals surface area contributed by atoms with Crippen molar-refractivity contribution in [1.82, 2.24) is 0 Å². The number of nitrogens with zero attached hydrogens (tertiary/aromatic N) is 1. The first-order chi connectivity index (χ1) is 20.6. The number of hydrogen-bond acceptors (Lipinski definition) is 7. The molecular formula is C34H56N4O5. The number of ether oxygens (including phenoxy) is 2. The Bertz CT molecular complexity index is 1060. The van der Waals surface area contributed by atoms with Gasteiger partial charge in [0.1, 0.15) is 0 Å². The molecule has 9 heteroatoms. The van der Waals surface area contributed by atoms with E-state index in [1.54, 1.807) is 0 Å². The van der Waals surface area contributed by atoms with Crippen LogP contribution in [-0.4, -0.2) is 44.4 Å². The highest BCUT2D eigenvalue weighted by Gasteiger charge is 2.17. The maximum absolute atomic E-state index is 12.9. The second-order valence-electron chi connectivity index (χ2n) is 10.5. The van der Waals surface area contributed by atoms with Gasteiger partial charge in [-0.1, -0.05) is 79.2 Å². The highest BCUT2D eigenvalue weighted by molar-refractivity contribution is 6.02. The average Bonchev–Trinajstić information content (AvgIpc) is 2.97. The van der Waals surface area contributed by atoms with Crippen LogP contribution in [0.1, 0.15) is 85.8 Å². The summed E-state index contributed by atoms with van der Waals surface area (Å²) in [7, 11) is 0. The van der Waals surface area contributed by atoms with Crippen molar-refractivity contribution < 1.29 is 23.9 Å². The Morgan fingerprint density at radius 3 is 1.91 bits per heavy atom. The summed E-state index contributed by atoms with van der Waals surface area (Å²) < 4.78 is 9.92. The molecule has 2 amide bonds. The Morgan fingerprint density at radius 1 is 0.814 bits per heavy atom. The fourth-order valence-corrected chi connectivity index (χ4v) is 3.99. The van der Waals surface area contributed by atoms with Gasteiger partial charge in [-0.15, -0.1) is 0 Å². The Hall–Kier alpha value is -3.59. The van der Waals surface area contributed by atoms with E-state index in [-0.39, 0.29) is 18.9 Å². The molecule has 0 spiro atoms. The molecule has 242 valence electrons. The number of carbonyl (C=O) groups excluding carboxylic acids is 3. The van der Waals surface area contributed by atoms with E-state index in [4.69, 9.17) is 15.2 Å². The SMILES string of the molecule is CC.CC.Cc1ccc(NC(=O)Nc2cc(CCC(=O)OCOC(=O)CCCN)ccc2N(CC(C)C)CC(C)C)cc1. The third-order valence-electron chi connectivity index (χ3n) is 5.77. The van der Waals surface area contributed by atoms with Crippen molar-refractivity contribution >= 4 is 35.0 Å². The van der Waals surface area contributed by atoms with Gasteiger partial charge in [-0.25, -0.2) is 4.79 Å². The number of benzene rings is 2. The van der Waals surface area contributed by atoms with Crippen LogP contribution in [0.15, 0.2) is 42.5 Å². The molecule has 0 bridgehead atoms. The van der Waals surface area contributed by atoms with Gasteiger partial charge < -0.3 is 30.7 Å². The van der Waals surface area contributed by atoms with Crippen LogP contribution < -0.4 is 21.3 Å². The number of aryl methyl sites for hydroxylation is 2. The number of nitrogens with two attached hydrogens (primary N) is 1. The van der Waals surface area contributed by atoms with Crippen molar-refractivity contribution in [2.75, 3.05) is 42.0 Å². The van der Waals surface area contributed by atoms with Gasteiger partial charge in [-0.05, 0) is 68.0 Å². The van der Waals surface area contributed by atoms with Gasteiger partial charge in [0.25, 0.3) is 0 Å². The summed E-state index contributed by atoms with van der Waals surface area (Å²) in [6.07, 6.45) is 1.23. The molecule has 0 fully saturated rings. The van der Waals surface area contributed by atoms with Crippen molar-refractivity contribution in [1.29, 1.82) is 0 Å². The van der Waals surface area contributed by atoms with Crippen LogP contribution in [0.25, 0.3) is 0 Å². The summed E-state index contributed by atoms with van der Waals surface area (Å²) in [5.74, 6) is -0.0666. The number of hydrogen-bond donors (Lipinski definition) is 3. The molecule has 43 heavy (non-hydrogen) atoms. The van der Waals surface area contributed by atoms with E-state index in [2.05, 4.69) is 43.2 Å². The van der Waals surface area contributed by atoms with Crippen molar-refractivity contribution in [2.45, 2.75) is 88.0 Å². The predicted octanol–water partition coefficient (Wildman–Crippen LogP) is 7.53. The van der Waals surface area contributed by atoms with E-state index in [0.717, 1.165) is 29.9 Å². The minimum absolute atomic E-state index is 0.108. The first-order valence-corrected chi connectivity index (χ1v) is 15.6. The highest BCUT2D eigenvalue weighted by Crippen LogP contribution is 2.30. The van der Waals surface area contributed by atoms with Crippen LogP contribution in [0.4, 0.5) is 21.9 Å². The summed E-state index contributed by atoms with van der Waals surface area (Å²) in [6, 6.07) is 13.1. The lowest BCUT2D eigenvalue weighted by molar-refractivity contribution is -0.167. The minimum Gasteiger partial charge on any atom is -0.428 e. The second kappa shape index (κ2) is 22.9. The van der Waals surface area contributed by atoms with E-state index < -0.39 is 18.7 Å². The minimum atomic E-state index is -0.474. The number of nitrogens with one attached hydrogen (secondary N) is 2. The molecule has 2 aromatic carbocycles. The van der Waals surface area contributed by atoms with Gasteiger partial charge in [-0.2, -0.15) is 0 Å². The lowest BCUT2D eigenvalue weighted by Gasteiger charge is -2.30. The molecule has 0 aliphatic rings. The summed E-state index contributed by atoms with van der Waals surface area (Å²) >= 11 is 0. The number of amides is 2. The molecule has 0 atom stereocenters. The topological polar surface area (TPSA) is 123 Å². The number of urea groups is 1. The molecule has 0 radical (unpaired) electrons. The van der Waals surface area contributed by atoms with Crippen LogP contribution in [0, 0.1) is 18.8 Å². The van der Waals surface area contributed by atoms with E-state index in [0.29, 0.717) is 42.6 Å². The average molecular weight is 601 g/mol. The van der Waals surface area contributed by atoms with E-state index >= 15 is 0 Å². The molecule has 0 saturated carbocycles. The van der Waals surface area contributed by atoms with Crippen molar-refractivity contribution in [3.63, 3.8) is 0 Å². The van der Waals surface area contributed by atoms with E-state index in [1.807, 2.05) is 77.1 Å². The standard InChI is InChI=1S/C30H44N4O5.2C2H6/c1-21(2)18-34(19-22(3)4)27-14-10-24(11-15-29(36)39-20-38-28(35)7-6-16-31)17-26(27)33-30(37)32-25-12-8-23(5)9-13-25;2*1-2/h8-10,12-14,17,21-22H,6-7,11,15-16,18-20,31H2,1-5H3,(H2,32,33,37);2*1-2H3. The van der Waals surface area contributed by atoms with Crippen LogP contribution in [0.2, 0.25) is 0 Å². The Balaban J connectivity index is 0.00000422. The van der Waals surface area contributed by atoms with Crippen molar-refractivity contribution in [3.05, 3.63) is 53.6 Å². The molecule has 9 nitrogen and oxygen atoms in total. The van der Waals surface area contributed by atoms with E-state index in [9.17, 15) is 14.4 Å². The summed E-state index contributed by atoms with van der Waals surface area (Å²) in [4.78, 5) is 38.9. The Labute approximate surface area is 259 Å². The third-order valence-corrected chi connectivity index (χ3v) is 5.77. The Morgan fingerprint density at radius 2 is 1.37 bits per heavy atom. The van der Waals surface area contributed by atoms with Gasteiger partial charge in [0.2, 0.25) is 6.79 Å². The number of esters is 2. The molecular weight excluding hydrogens is 544 g/mol. The first-order valence-electron chi connectivity index (χ1n) is 15.6. The van der Waals surface area contributed by atoms with Crippen molar-refractivity contribution in [3.8, 4) is 0 Å². The third kappa shape index (κ3) is 17.2. The molecule has 2 rings (SSSR count). The van der Waals surface area contributed by atoms with E-state index in [1.165, 1.54) is 0 Å². The molecule has 0 aromatic heterocycles. The van der Waals surface area contributed by atoms with Gasteiger partial charge in [0.15, 0.2) is 0 Å². The van der Waals surface area contributed by atoms with Gasteiger partial charge >= 0.3 is 18.0 Å². The number of rotatable bonds is 15. The number of carbonyl (C=O) groups is 3. The lowest BCUT2D eigenvalue weighted by atomic mass is 10.1. The lowest BCUT2D eigenvalue weighted by Crippen LogP contribution is -2.32. The summed E-state index contributed by atoms with van der Waals surface area (Å²) in [5, 5.41) is 5.91. The quantitative estimate of drug-likeness (QED) is 0.143. The highest BCUT2D eigenvalue weighted by atomic mass is 16.7. The molecule has 4 N–H and O–H groups in total. The molecule has 2 aromatic rings. The summed E-state index contributed by atoms with van der Waals surface area (Å²) in [6.45, 7) is 20.3. The molecule has 0 aliphatic heterocycles. The molecule has 0 aliphatic carbocycles.